The number of hydrogen-bond acceptors (Lipinski definition) is 5. The molecule has 0 fully saturated rings. The fourth-order valence-electron chi connectivity index (χ4n) is 2.31. The Morgan fingerprint density at radius 2 is 2.33 bits per heavy atom. The lowest BCUT2D eigenvalue weighted by atomic mass is 10.1. The number of hydrogen-bond donors (Lipinski definition) is 1. The van der Waals surface area contributed by atoms with Crippen molar-refractivity contribution in [2.24, 2.45) is 7.05 Å². The minimum atomic E-state index is 0.369. The average molecular weight is 244 g/mol. The zero-order valence-electron chi connectivity index (χ0n) is 10.4. The number of nitrogens with two attached hydrogens (primary N) is 1. The first-order valence-corrected chi connectivity index (χ1v) is 6.02. The summed E-state index contributed by atoms with van der Waals surface area (Å²) in [4.78, 5) is 10.7. The summed E-state index contributed by atoms with van der Waals surface area (Å²) in [5.41, 5.74) is 9.08. The Morgan fingerprint density at radius 3 is 3.11 bits per heavy atom. The smallest absolute Gasteiger partial charge is 0.220 e. The maximum Gasteiger partial charge on any atom is 0.220 e. The van der Waals surface area contributed by atoms with E-state index in [0.29, 0.717) is 5.95 Å². The first-order valence-electron chi connectivity index (χ1n) is 6.02. The molecule has 3 rings (SSSR count). The lowest BCUT2D eigenvalue weighted by Crippen LogP contribution is -2.31. The summed E-state index contributed by atoms with van der Waals surface area (Å²) in [5, 5.41) is 4.19. The first kappa shape index (κ1) is 11.2. The molecule has 0 atom stereocenters. The van der Waals surface area contributed by atoms with E-state index < -0.39 is 0 Å². The lowest BCUT2D eigenvalue weighted by molar-refractivity contribution is 0.236. The molecular weight excluding hydrogens is 228 g/mol. The molecule has 0 unspecified atom stereocenters. The van der Waals surface area contributed by atoms with Gasteiger partial charge in [0.25, 0.3) is 0 Å². The number of anilines is 1. The summed E-state index contributed by atoms with van der Waals surface area (Å²) < 4.78 is 1.91. The van der Waals surface area contributed by atoms with Crippen molar-refractivity contribution in [1.82, 2.24) is 24.6 Å². The van der Waals surface area contributed by atoms with Crippen LogP contribution < -0.4 is 5.73 Å². The van der Waals surface area contributed by atoms with Gasteiger partial charge in [-0.05, 0) is 6.07 Å². The van der Waals surface area contributed by atoms with Crippen LogP contribution in [-0.4, -0.2) is 31.2 Å². The molecule has 0 bridgehead atoms. The Hall–Kier alpha value is -1.95. The number of nitrogens with zero attached hydrogens (tertiary/aromatic N) is 5. The van der Waals surface area contributed by atoms with Crippen LogP contribution in [0.5, 0.6) is 0 Å². The zero-order valence-corrected chi connectivity index (χ0v) is 10.4. The summed E-state index contributed by atoms with van der Waals surface area (Å²) in [6, 6.07) is 2.05. The Bertz CT molecular complexity index is 561. The van der Waals surface area contributed by atoms with E-state index in [-0.39, 0.29) is 0 Å². The summed E-state index contributed by atoms with van der Waals surface area (Å²) >= 11 is 0. The molecule has 2 N–H and O–H groups in total. The molecule has 94 valence electrons. The van der Waals surface area contributed by atoms with Gasteiger partial charge in [-0.1, -0.05) is 0 Å². The van der Waals surface area contributed by atoms with E-state index in [9.17, 15) is 0 Å². The van der Waals surface area contributed by atoms with Crippen molar-refractivity contribution >= 4 is 5.95 Å². The summed E-state index contributed by atoms with van der Waals surface area (Å²) in [6.07, 6.45) is 4.60. The van der Waals surface area contributed by atoms with Gasteiger partial charge in [-0.25, -0.2) is 9.97 Å². The van der Waals surface area contributed by atoms with E-state index in [0.717, 1.165) is 31.7 Å². The Kier molecular flexibility index (Phi) is 2.71. The molecule has 0 aromatic carbocycles. The minimum Gasteiger partial charge on any atom is -0.368 e. The van der Waals surface area contributed by atoms with Gasteiger partial charge in [0.05, 0.1) is 11.4 Å². The molecular formula is C12H16N6. The van der Waals surface area contributed by atoms with Gasteiger partial charge in [0, 0.05) is 51.1 Å². The quantitative estimate of drug-likeness (QED) is 0.825. The van der Waals surface area contributed by atoms with Gasteiger partial charge in [0.1, 0.15) is 0 Å². The van der Waals surface area contributed by atoms with Crippen molar-refractivity contribution in [2.75, 3.05) is 12.3 Å². The Morgan fingerprint density at radius 1 is 1.44 bits per heavy atom. The van der Waals surface area contributed by atoms with Crippen molar-refractivity contribution < 1.29 is 0 Å². The number of fused-ring (bicyclic) bond motifs is 1. The van der Waals surface area contributed by atoms with Gasteiger partial charge in [0.2, 0.25) is 5.95 Å². The molecule has 0 aliphatic carbocycles. The Balaban J connectivity index is 1.75. The monoisotopic (exact) mass is 244 g/mol. The lowest BCUT2D eigenvalue weighted by Gasteiger charge is -2.27. The SMILES string of the molecule is Cn1nccc1CN1CCc2nc(N)ncc2C1. The van der Waals surface area contributed by atoms with Crippen molar-refractivity contribution in [3.8, 4) is 0 Å². The van der Waals surface area contributed by atoms with Crippen LogP contribution in [0.1, 0.15) is 17.0 Å². The van der Waals surface area contributed by atoms with Gasteiger partial charge in [-0.2, -0.15) is 5.10 Å². The van der Waals surface area contributed by atoms with Crippen LogP contribution in [-0.2, 0) is 26.6 Å². The van der Waals surface area contributed by atoms with Crippen LogP contribution >= 0.6 is 0 Å². The number of aryl methyl sites for hydroxylation is 1. The molecule has 1 aliphatic rings. The highest BCUT2D eigenvalue weighted by Gasteiger charge is 2.18. The number of aromatic nitrogens is 4. The molecule has 18 heavy (non-hydrogen) atoms. The maximum atomic E-state index is 5.60. The van der Waals surface area contributed by atoms with Gasteiger partial charge in [-0.3, -0.25) is 9.58 Å². The molecule has 3 heterocycles. The summed E-state index contributed by atoms with van der Waals surface area (Å²) in [6.45, 7) is 2.77. The maximum absolute atomic E-state index is 5.60. The van der Waals surface area contributed by atoms with Crippen molar-refractivity contribution in [1.29, 1.82) is 0 Å². The third kappa shape index (κ3) is 2.06. The van der Waals surface area contributed by atoms with E-state index in [1.807, 2.05) is 24.1 Å². The molecule has 0 saturated heterocycles. The fourth-order valence-corrected chi connectivity index (χ4v) is 2.31. The molecule has 0 spiro atoms. The van der Waals surface area contributed by atoms with Crippen LogP contribution in [0.15, 0.2) is 18.5 Å². The third-order valence-electron chi connectivity index (χ3n) is 3.34. The molecule has 0 radical (unpaired) electrons. The number of nitrogen functional groups attached to an aromatic ring is 1. The van der Waals surface area contributed by atoms with Crippen molar-refractivity contribution in [3.05, 3.63) is 35.4 Å². The van der Waals surface area contributed by atoms with Crippen molar-refractivity contribution in [3.63, 3.8) is 0 Å². The highest BCUT2D eigenvalue weighted by molar-refractivity contribution is 5.27. The van der Waals surface area contributed by atoms with Crippen LogP contribution in [0.25, 0.3) is 0 Å². The molecule has 6 nitrogen and oxygen atoms in total. The predicted octanol–water partition coefficient (Wildman–Crippen LogP) is 0.351. The minimum absolute atomic E-state index is 0.369. The zero-order chi connectivity index (χ0) is 12.5. The van der Waals surface area contributed by atoms with Crippen molar-refractivity contribution in [2.45, 2.75) is 19.5 Å². The molecule has 1 aliphatic heterocycles. The predicted molar refractivity (Wildman–Crippen MR) is 67.5 cm³/mol. The number of rotatable bonds is 2. The molecule has 2 aromatic rings. The first-order chi connectivity index (χ1) is 8.72. The van der Waals surface area contributed by atoms with Crippen LogP contribution in [0.3, 0.4) is 0 Å². The van der Waals surface area contributed by atoms with Gasteiger partial charge in [0.15, 0.2) is 0 Å². The van der Waals surface area contributed by atoms with E-state index in [4.69, 9.17) is 5.73 Å². The van der Waals surface area contributed by atoms with Gasteiger partial charge < -0.3 is 5.73 Å². The van der Waals surface area contributed by atoms with Crippen LogP contribution in [0, 0.1) is 0 Å². The topological polar surface area (TPSA) is 72.9 Å². The van der Waals surface area contributed by atoms with Gasteiger partial charge >= 0.3 is 0 Å². The second-order valence-electron chi connectivity index (χ2n) is 4.61. The van der Waals surface area contributed by atoms with E-state index in [2.05, 4.69) is 26.0 Å². The van der Waals surface area contributed by atoms with E-state index >= 15 is 0 Å². The highest BCUT2D eigenvalue weighted by Crippen LogP contribution is 2.18. The third-order valence-corrected chi connectivity index (χ3v) is 3.34. The van der Waals surface area contributed by atoms with E-state index in [1.54, 1.807) is 0 Å². The standard InChI is InChI=1S/C12H16N6/c1-17-10(2-4-15-17)8-18-5-3-11-9(7-18)6-14-12(13)16-11/h2,4,6H,3,5,7-8H2,1H3,(H2,13,14,16). The highest BCUT2D eigenvalue weighted by atomic mass is 15.3. The molecule has 0 saturated carbocycles. The van der Waals surface area contributed by atoms with Gasteiger partial charge in [-0.15, -0.1) is 0 Å². The second kappa shape index (κ2) is 4.38. The van der Waals surface area contributed by atoms with Crippen LogP contribution in [0.4, 0.5) is 5.95 Å². The fraction of sp³-hybridized carbons (Fsp3) is 0.417. The Labute approximate surface area is 105 Å². The molecule has 2 aromatic heterocycles. The molecule has 0 amide bonds. The second-order valence-corrected chi connectivity index (χ2v) is 4.61. The summed E-state index contributed by atoms with van der Waals surface area (Å²) in [7, 11) is 1.97. The van der Waals surface area contributed by atoms with Crippen LogP contribution in [0.2, 0.25) is 0 Å². The molecule has 6 heteroatoms. The normalized spacial score (nSPS) is 15.6. The average Bonchev–Trinajstić information content (AvgIpc) is 2.75. The van der Waals surface area contributed by atoms with E-state index in [1.165, 1.54) is 11.3 Å². The largest absolute Gasteiger partial charge is 0.368 e. The summed E-state index contributed by atoms with van der Waals surface area (Å²) in [5.74, 6) is 0.369.